The smallest absolute Gasteiger partial charge is 0.191 e. The van der Waals surface area contributed by atoms with Crippen LogP contribution in [0.5, 0.6) is 11.5 Å². The Morgan fingerprint density at radius 1 is 1.17 bits per heavy atom. The number of rotatable bonds is 7. The molecule has 1 aromatic heterocycles. The van der Waals surface area contributed by atoms with Crippen LogP contribution in [-0.2, 0) is 19.5 Å². The monoisotopic (exact) mass is 417 g/mol. The fourth-order valence-electron chi connectivity index (χ4n) is 3.59. The summed E-state index contributed by atoms with van der Waals surface area (Å²) in [6.07, 6.45) is 1.02. The van der Waals surface area contributed by atoms with Gasteiger partial charge in [-0.2, -0.15) is 0 Å². The van der Waals surface area contributed by atoms with E-state index in [1.807, 2.05) is 6.92 Å². The predicted molar refractivity (Wildman–Crippen MR) is 118 cm³/mol. The van der Waals surface area contributed by atoms with E-state index in [1.54, 1.807) is 32.6 Å². The number of ether oxygens (including phenoxy) is 2. The summed E-state index contributed by atoms with van der Waals surface area (Å²) in [6.45, 7) is 8.58. The molecular weight excluding hydrogens is 386 g/mol. The van der Waals surface area contributed by atoms with Crippen LogP contribution in [0, 0.1) is 13.8 Å². The van der Waals surface area contributed by atoms with Gasteiger partial charge in [-0.05, 0) is 43.5 Å². The maximum atomic E-state index is 5.45. The molecule has 0 saturated heterocycles. The van der Waals surface area contributed by atoms with Gasteiger partial charge in [-0.15, -0.1) is 11.3 Å². The van der Waals surface area contributed by atoms with E-state index in [9.17, 15) is 0 Å². The summed E-state index contributed by atoms with van der Waals surface area (Å²) in [7, 11) is 5.17. The van der Waals surface area contributed by atoms with Crippen LogP contribution in [0.1, 0.15) is 26.7 Å². The minimum Gasteiger partial charge on any atom is -0.493 e. The van der Waals surface area contributed by atoms with Crippen LogP contribution in [0.25, 0.3) is 0 Å². The number of aliphatic imine (C=N–C) groups is 1. The Morgan fingerprint density at radius 3 is 2.52 bits per heavy atom. The molecule has 158 valence electrons. The second-order valence-electron chi connectivity index (χ2n) is 7.10. The molecule has 7 nitrogen and oxygen atoms in total. The average Bonchev–Trinajstić information content (AvgIpc) is 3.06. The van der Waals surface area contributed by atoms with Gasteiger partial charge in [0.2, 0.25) is 0 Å². The summed E-state index contributed by atoms with van der Waals surface area (Å²) < 4.78 is 10.9. The van der Waals surface area contributed by atoms with Crippen LogP contribution in [0.2, 0.25) is 0 Å². The van der Waals surface area contributed by atoms with Crippen LogP contribution in [0.15, 0.2) is 17.1 Å². The van der Waals surface area contributed by atoms with Crippen LogP contribution in [-0.4, -0.2) is 56.7 Å². The Bertz CT molecular complexity index is 865. The van der Waals surface area contributed by atoms with Crippen molar-refractivity contribution in [1.29, 1.82) is 0 Å². The molecule has 0 unspecified atom stereocenters. The van der Waals surface area contributed by atoms with Gasteiger partial charge in [0.05, 0.1) is 31.5 Å². The lowest BCUT2D eigenvalue weighted by Gasteiger charge is -2.29. The van der Waals surface area contributed by atoms with Crippen molar-refractivity contribution < 1.29 is 9.47 Å². The van der Waals surface area contributed by atoms with Crippen molar-refractivity contribution >= 4 is 17.3 Å². The highest BCUT2D eigenvalue weighted by Gasteiger charge is 2.19. The molecule has 0 aliphatic carbocycles. The number of aromatic nitrogens is 1. The van der Waals surface area contributed by atoms with E-state index in [-0.39, 0.29) is 0 Å². The summed E-state index contributed by atoms with van der Waals surface area (Å²) in [5.74, 6) is 2.42. The molecule has 2 N–H and O–H groups in total. The minimum atomic E-state index is 0.746. The van der Waals surface area contributed by atoms with E-state index >= 15 is 0 Å². The van der Waals surface area contributed by atoms with Crippen LogP contribution in [0.3, 0.4) is 0 Å². The van der Waals surface area contributed by atoms with Gasteiger partial charge < -0.3 is 20.1 Å². The number of aryl methyl sites for hydroxylation is 2. The molecule has 29 heavy (non-hydrogen) atoms. The normalized spacial score (nSPS) is 14.4. The van der Waals surface area contributed by atoms with Gasteiger partial charge in [0.15, 0.2) is 17.5 Å². The topological polar surface area (TPSA) is 71.0 Å². The van der Waals surface area contributed by atoms with Crippen LogP contribution < -0.4 is 20.1 Å². The molecule has 0 bridgehead atoms. The Labute approximate surface area is 177 Å². The quantitative estimate of drug-likeness (QED) is 0.533. The SMILES string of the molecule is CN=C(NCCN1CCc2cc(OC)c(OC)cc2C1)NCc1sc(C)nc1C. The lowest BCUT2D eigenvalue weighted by molar-refractivity contribution is 0.256. The summed E-state index contributed by atoms with van der Waals surface area (Å²) in [6, 6.07) is 4.21. The van der Waals surface area contributed by atoms with E-state index in [1.165, 1.54) is 16.0 Å². The van der Waals surface area contributed by atoms with Crippen molar-refractivity contribution in [3.05, 3.63) is 38.8 Å². The van der Waals surface area contributed by atoms with Crippen molar-refractivity contribution in [2.45, 2.75) is 33.4 Å². The fourth-order valence-corrected chi connectivity index (χ4v) is 4.46. The molecule has 0 spiro atoms. The van der Waals surface area contributed by atoms with Gasteiger partial charge in [-0.25, -0.2) is 4.98 Å². The standard InChI is InChI=1S/C21H31N5O2S/c1-14-20(29-15(2)25-14)12-24-21(22-3)23-7-9-26-8-6-16-10-18(27-4)19(28-5)11-17(16)13-26/h10-11H,6-9,12-13H2,1-5H3,(H2,22,23,24). The predicted octanol–water partition coefficient (Wildman–Crippen LogP) is 2.50. The highest BCUT2D eigenvalue weighted by Crippen LogP contribution is 2.33. The zero-order chi connectivity index (χ0) is 20.8. The second kappa shape index (κ2) is 9.93. The zero-order valence-electron chi connectivity index (χ0n) is 18.0. The maximum absolute atomic E-state index is 5.45. The lowest BCUT2D eigenvalue weighted by atomic mass is 9.99. The number of benzene rings is 1. The molecule has 8 heteroatoms. The molecule has 3 rings (SSSR count). The molecule has 0 fully saturated rings. The van der Waals surface area contributed by atoms with Crippen LogP contribution in [0.4, 0.5) is 0 Å². The lowest BCUT2D eigenvalue weighted by Crippen LogP contribution is -2.42. The van der Waals surface area contributed by atoms with E-state index in [2.05, 4.69) is 44.6 Å². The molecule has 2 aromatic rings. The van der Waals surface area contributed by atoms with Crippen molar-refractivity contribution in [2.75, 3.05) is 40.9 Å². The molecule has 0 radical (unpaired) electrons. The van der Waals surface area contributed by atoms with Gasteiger partial charge in [0.25, 0.3) is 0 Å². The molecule has 0 atom stereocenters. The largest absolute Gasteiger partial charge is 0.493 e. The Morgan fingerprint density at radius 2 is 1.90 bits per heavy atom. The number of methoxy groups -OCH3 is 2. The van der Waals surface area contributed by atoms with Crippen molar-refractivity contribution in [3.63, 3.8) is 0 Å². The number of hydrogen-bond donors (Lipinski definition) is 2. The van der Waals surface area contributed by atoms with E-state index in [0.29, 0.717) is 0 Å². The Kier molecular flexibility index (Phi) is 7.33. The molecule has 1 aliphatic heterocycles. The van der Waals surface area contributed by atoms with Gasteiger partial charge in [0, 0.05) is 38.1 Å². The van der Waals surface area contributed by atoms with E-state index in [4.69, 9.17) is 9.47 Å². The summed E-state index contributed by atoms with van der Waals surface area (Å²) in [5.41, 5.74) is 3.75. The number of fused-ring (bicyclic) bond motifs is 1. The molecule has 0 saturated carbocycles. The highest BCUT2D eigenvalue weighted by atomic mass is 32.1. The third-order valence-corrected chi connectivity index (χ3v) is 6.23. The first kappa shape index (κ1) is 21.4. The number of hydrogen-bond acceptors (Lipinski definition) is 6. The Hall–Kier alpha value is -2.32. The molecule has 2 heterocycles. The molecule has 1 aromatic carbocycles. The van der Waals surface area contributed by atoms with Gasteiger partial charge in [-0.1, -0.05) is 0 Å². The third-order valence-electron chi connectivity index (χ3n) is 5.16. The molecular formula is C21H31N5O2S. The number of nitrogens with zero attached hydrogens (tertiary/aromatic N) is 3. The first-order valence-electron chi connectivity index (χ1n) is 9.87. The average molecular weight is 418 g/mol. The van der Waals surface area contributed by atoms with Gasteiger partial charge >= 0.3 is 0 Å². The maximum Gasteiger partial charge on any atom is 0.191 e. The Balaban J connectivity index is 1.48. The molecule has 0 amide bonds. The second-order valence-corrected chi connectivity index (χ2v) is 8.38. The molecule has 1 aliphatic rings. The zero-order valence-corrected chi connectivity index (χ0v) is 18.8. The van der Waals surface area contributed by atoms with Crippen molar-refractivity contribution in [3.8, 4) is 11.5 Å². The third kappa shape index (κ3) is 5.39. The number of thiazole rings is 1. The summed E-state index contributed by atoms with van der Waals surface area (Å²) in [4.78, 5) is 12.5. The highest BCUT2D eigenvalue weighted by molar-refractivity contribution is 7.11. The first-order valence-corrected chi connectivity index (χ1v) is 10.7. The van der Waals surface area contributed by atoms with Gasteiger partial charge in [0.1, 0.15) is 0 Å². The van der Waals surface area contributed by atoms with E-state index in [0.717, 1.165) is 67.3 Å². The van der Waals surface area contributed by atoms with Gasteiger partial charge in [-0.3, -0.25) is 9.89 Å². The van der Waals surface area contributed by atoms with Crippen molar-refractivity contribution in [2.24, 2.45) is 4.99 Å². The summed E-state index contributed by atoms with van der Waals surface area (Å²) in [5, 5.41) is 7.90. The number of nitrogens with one attached hydrogen (secondary N) is 2. The number of guanidine groups is 1. The summed E-state index contributed by atoms with van der Waals surface area (Å²) >= 11 is 1.73. The van der Waals surface area contributed by atoms with Crippen LogP contribution >= 0.6 is 11.3 Å². The van der Waals surface area contributed by atoms with E-state index < -0.39 is 0 Å². The first-order chi connectivity index (χ1) is 14.0. The minimum absolute atomic E-state index is 0.746. The van der Waals surface area contributed by atoms with Crippen molar-refractivity contribution in [1.82, 2.24) is 20.5 Å². The fraction of sp³-hybridized carbons (Fsp3) is 0.524.